The summed E-state index contributed by atoms with van der Waals surface area (Å²) in [6, 6.07) is 6.99. The fourth-order valence-electron chi connectivity index (χ4n) is 2.71. The van der Waals surface area contributed by atoms with Crippen molar-refractivity contribution in [2.45, 2.75) is 31.2 Å². The van der Waals surface area contributed by atoms with Gasteiger partial charge in [-0.3, -0.25) is 0 Å². The predicted molar refractivity (Wildman–Crippen MR) is 58.6 cm³/mol. The Hall–Kier alpha value is -1.02. The minimum Gasteiger partial charge on any atom is -0.384 e. The molecule has 1 spiro atoms. The smallest absolute Gasteiger partial charge is 0.0412 e. The van der Waals surface area contributed by atoms with Crippen molar-refractivity contribution in [2.24, 2.45) is 5.73 Å². The highest BCUT2D eigenvalue weighted by Crippen LogP contribution is 2.53. The topological polar surface area (TPSA) is 38.0 Å². The monoisotopic (exact) mass is 188 g/mol. The molecule has 0 amide bonds. The summed E-state index contributed by atoms with van der Waals surface area (Å²) in [5.41, 5.74) is 10.6. The summed E-state index contributed by atoms with van der Waals surface area (Å²) in [4.78, 5) is 0. The molecule has 3 N–H and O–H groups in total. The van der Waals surface area contributed by atoms with Crippen molar-refractivity contribution in [3.8, 4) is 0 Å². The molecule has 0 radical (unpaired) electrons. The molecule has 1 aliphatic carbocycles. The van der Waals surface area contributed by atoms with E-state index in [0.29, 0.717) is 11.5 Å². The van der Waals surface area contributed by atoms with Crippen LogP contribution in [-0.4, -0.2) is 12.6 Å². The molecule has 0 aromatic heterocycles. The van der Waals surface area contributed by atoms with E-state index in [1.807, 2.05) is 0 Å². The minimum absolute atomic E-state index is 0.292. The fraction of sp³-hybridized carbons (Fsp3) is 0.500. The van der Waals surface area contributed by atoms with Gasteiger partial charge in [0.05, 0.1) is 0 Å². The van der Waals surface area contributed by atoms with E-state index in [4.69, 9.17) is 5.73 Å². The summed E-state index contributed by atoms with van der Waals surface area (Å²) >= 11 is 0. The van der Waals surface area contributed by atoms with Crippen molar-refractivity contribution in [1.29, 1.82) is 0 Å². The van der Waals surface area contributed by atoms with Crippen LogP contribution in [0.5, 0.6) is 0 Å². The second-order valence-corrected chi connectivity index (χ2v) is 4.51. The molecule has 1 aromatic carbocycles. The molecule has 2 heteroatoms. The zero-order valence-electron chi connectivity index (χ0n) is 8.51. The van der Waals surface area contributed by atoms with Gasteiger partial charge in [-0.15, -0.1) is 0 Å². The van der Waals surface area contributed by atoms with Gasteiger partial charge in [0.1, 0.15) is 0 Å². The molecule has 1 heterocycles. The summed E-state index contributed by atoms with van der Waals surface area (Å²) < 4.78 is 0. The lowest BCUT2D eigenvalue weighted by atomic mass is 9.95. The molecule has 0 saturated heterocycles. The molecule has 3 rings (SSSR count). The lowest BCUT2D eigenvalue weighted by Crippen LogP contribution is -2.20. The van der Waals surface area contributed by atoms with Crippen molar-refractivity contribution >= 4 is 5.69 Å². The lowest BCUT2D eigenvalue weighted by Gasteiger charge is -2.08. The molecule has 1 aliphatic heterocycles. The van der Waals surface area contributed by atoms with Gasteiger partial charge in [0, 0.05) is 23.7 Å². The van der Waals surface area contributed by atoms with Gasteiger partial charge in [-0.2, -0.15) is 0 Å². The first-order valence-corrected chi connectivity index (χ1v) is 5.40. The van der Waals surface area contributed by atoms with E-state index in [9.17, 15) is 0 Å². The van der Waals surface area contributed by atoms with Crippen LogP contribution in [0.25, 0.3) is 0 Å². The van der Waals surface area contributed by atoms with Gasteiger partial charge in [-0.1, -0.05) is 25.1 Å². The van der Waals surface area contributed by atoms with E-state index in [0.717, 1.165) is 19.4 Å². The third kappa shape index (κ3) is 0.845. The zero-order chi connectivity index (χ0) is 9.76. The van der Waals surface area contributed by atoms with Gasteiger partial charge in [-0.05, 0) is 24.0 Å². The minimum atomic E-state index is 0.292. The van der Waals surface area contributed by atoms with E-state index >= 15 is 0 Å². The molecule has 0 bridgehead atoms. The number of fused-ring (bicyclic) bond motifs is 2. The van der Waals surface area contributed by atoms with Gasteiger partial charge >= 0.3 is 0 Å². The Morgan fingerprint density at radius 1 is 1.57 bits per heavy atom. The maximum absolute atomic E-state index is 6.03. The maximum atomic E-state index is 6.03. The summed E-state index contributed by atoms with van der Waals surface area (Å²) in [5.74, 6) is 0. The normalized spacial score (nSPS) is 32.9. The fourth-order valence-corrected chi connectivity index (χ4v) is 2.71. The van der Waals surface area contributed by atoms with Crippen molar-refractivity contribution in [1.82, 2.24) is 0 Å². The standard InChI is InChI=1S/C12H16N2/c1-2-8-4-3-5-9-11(8)14-7-12(9)6-10(12)13/h3-5,10,14H,2,6-7,13H2,1H3. The molecular weight excluding hydrogens is 172 g/mol. The van der Waals surface area contributed by atoms with Crippen LogP contribution >= 0.6 is 0 Å². The number of anilines is 1. The van der Waals surface area contributed by atoms with Crippen LogP contribution in [0.3, 0.4) is 0 Å². The Labute approximate surface area is 84.5 Å². The number of aryl methyl sites for hydroxylation is 1. The van der Waals surface area contributed by atoms with Gasteiger partial charge in [0.15, 0.2) is 0 Å². The quantitative estimate of drug-likeness (QED) is 0.703. The van der Waals surface area contributed by atoms with Crippen LogP contribution in [-0.2, 0) is 11.8 Å². The molecule has 1 saturated carbocycles. The predicted octanol–water partition coefficient (Wildman–Crippen LogP) is 1.64. The number of nitrogens with two attached hydrogens (primary N) is 1. The molecule has 1 aromatic rings. The van der Waals surface area contributed by atoms with Crippen molar-refractivity contribution in [2.75, 3.05) is 11.9 Å². The number of benzene rings is 1. The molecule has 2 nitrogen and oxygen atoms in total. The van der Waals surface area contributed by atoms with E-state index in [1.165, 1.54) is 16.8 Å². The average Bonchev–Trinajstić information content (AvgIpc) is 2.69. The number of para-hydroxylation sites is 1. The second kappa shape index (κ2) is 2.51. The molecule has 2 atom stereocenters. The van der Waals surface area contributed by atoms with Crippen LogP contribution in [0.2, 0.25) is 0 Å². The number of hydrogen-bond donors (Lipinski definition) is 2. The van der Waals surface area contributed by atoms with Crippen molar-refractivity contribution in [3.63, 3.8) is 0 Å². The second-order valence-electron chi connectivity index (χ2n) is 4.51. The first kappa shape index (κ1) is 8.30. The van der Waals surface area contributed by atoms with Crippen LogP contribution in [0, 0.1) is 0 Å². The highest BCUT2D eigenvalue weighted by Gasteiger charge is 2.56. The third-order valence-electron chi connectivity index (χ3n) is 3.78. The van der Waals surface area contributed by atoms with Crippen LogP contribution in [0.15, 0.2) is 18.2 Å². The molecule has 74 valence electrons. The van der Waals surface area contributed by atoms with Gasteiger partial charge in [0.2, 0.25) is 0 Å². The van der Waals surface area contributed by atoms with Crippen LogP contribution in [0.1, 0.15) is 24.5 Å². The molecule has 2 aliphatic rings. The van der Waals surface area contributed by atoms with Crippen LogP contribution < -0.4 is 11.1 Å². The molecular formula is C12H16N2. The first-order chi connectivity index (χ1) is 6.78. The number of hydrogen-bond acceptors (Lipinski definition) is 2. The Kier molecular flexibility index (Phi) is 1.49. The summed E-state index contributed by atoms with van der Waals surface area (Å²) in [5, 5.41) is 3.52. The van der Waals surface area contributed by atoms with E-state index < -0.39 is 0 Å². The lowest BCUT2D eigenvalue weighted by molar-refractivity contribution is 0.733. The SMILES string of the molecule is CCc1cccc2c1NCC21CC1N. The van der Waals surface area contributed by atoms with Crippen molar-refractivity contribution in [3.05, 3.63) is 29.3 Å². The Balaban J connectivity index is 2.13. The largest absolute Gasteiger partial charge is 0.384 e. The zero-order valence-corrected chi connectivity index (χ0v) is 8.51. The van der Waals surface area contributed by atoms with E-state index in [1.54, 1.807) is 0 Å². The highest BCUT2D eigenvalue weighted by atomic mass is 15.0. The van der Waals surface area contributed by atoms with E-state index in [2.05, 4.69) is 30.4 Å². The molecule has 14 heavy (non-hydrogen) atoms. The number of rotatable bonds is 1. The maximum Gasteiger partial charge on any atom is 0.0412 e. The summed E-state index contributed by atoms with van der Waals surface area (Å²) in [6.07, 6.45) is 2.25. The van der Waals surface area contributed by atoms with Gasteiger partial charge in [0.25, 0.3) is 0 Å². The Morgan fingerprint density at radius 3 is 3.00 bits per heavy atom. The first-order valence-electron chi connectivity index (χ1n) is 5.40. The van der Waals surface area contributed by atoms with E-state index in [-0.39, 0.29) is 0 Å². The van der Waals surface area contributed by atoms with Gasteiger partial charge in [-0.25, -0.2) is 0 Å². The third-order valence-corrected chi connectivity index (χ3v) is 3.78. The summed E-state index contributed by atoms with van der Waals surface area (Å²) in [7, 11) is 0. The van der Waals surface area contributed by atoms with Gasteiger partial charge < -0.3 is 11.1 Å². The van der Waals surface area contributed by atoms with Crippen LogP contribution in [0.4, 0.5) is 5.69 Å². The average molecular weight is 188 g/mol. The Morgan fingerprint density at radius 2 is 2.36 bits per heavy atom. The highest BCUT2D eigenvalue weighted by molar-refractivity contribution is 5.68. The Bertz CT molecular complexity index is 386. The van der Waals surface area contributed by atoms with Crippen molar-refractivity contribution < 1.29 is 0 Å². The molecule has 2 unspecified atom stereocenters. The number of nitrogens with one attached hydrogen (secondary N) is 1. The summed E-state index contributed by atoms with van der Waals surface area (Å²) in [6.45, 7) is 3.25. The molecule has 1 fully saturated rings.